The molecule has 10 heteroatoms. The first-order valence-corrected chi connectivity index (χ1v) is 7.24. The van der Waals surface area contributed by atoms with Crippen LogP contribution in [0.15, 0.2) is 25.6 Å². The Kier molecular flexibility index (Phi) is 7.01. The molecule has 16 heavy (non-hydrogen) atoms. The van der Waals surface area contributed by atoms with E-state index in [4.69, 9.17) is 23.4 Å². The standard InChI is InChI=1S/C6H5Br3N2.H2O4S/c7-3-1-2-4(8)6(11-10)5(3)9;1-5(2,3)4/h1-2,11H,10H2;(H2,1,2,3,4). The third-order valence-electron chi connectivity index (χ3n) is 1.19. The van der Waals surface area contributed by atoms with Gasteiger partial charge in [-0.3, -0.25) is 14.9 Å². The lowest BCUT2D eigenvalue weighted by molar-refractivity contribution is 0.381. The highest BCUT2D eigenvalue weighted by Gasteiger charge is 2.05. The molecule has 0 fully saturated rings. The van der Waals surface area contributed by atoms with Gasteiger partial charge in [0.1, 0.15) is 0 Å². The van der Waals surface area contributed by atoms with E-state index in [-0.39, 0.29) is 0 Å². The topological polar surface area (TPSA) is 113 Å². The van der Waals surface area contributed by atoms with Gasteiger partial charge >= 0.3 is 10.4 Å². The summed E-state index contributed by atoms with van der Waals surface area (Å²) in [6, 6.07) is 3.83. The number of nitrogen functional groups attached to an aromatic ring is 1. The number of hydrogen-bond donors (Lipinski definition) is 4. The minimum atomic E-state index is -4.67. The second kappa shape index (κ2) is 6.89. The number of hydrazine groups is 1. The SMILES string of the molecule is NNc1c(Br)ccc(Br)c1Br.O=S(=O)(O)O. The fourth-order valence-electron chi connectivity index (χ4n) is 0.659. The van der Waals surface area contributed by atoms with Crippen molar-refractivity contribution in [1.82, 2.24) is 0 Å². The van der Waals surface area contributed by atoms with Crippen LogP contribution in [0, 0.1) is 0 Å². The summed E-state index contributed by atoms with van der Waals surface area (Å²) in [5, 5.41) is 0. The summed E-state index contributed by atoms with van der Waals surface area (Å²) in [4.78, 5) is 0. The molecule has 6 nitrogen and oxygen atoms in total. The smallest absolute Gasteiger partial charge is 0.322 e. The minimum Gasteiger partial charge on any atom is -0.322 e. The van der Waals surface area contributed by atoms with E-state index >= 15 is 0 Å². The monoisotopic (exact) mass is 440 g/mol. The summed E-state index contributed by atoms with van der Waals surface area (Å²) in [5.74, 6) is 5.29. The Hall–Kier alpha value is 0.290. The zero-order chi connectivity index (χ0) is 12.9. The molecule has 0 saturated carbocycles. The second-order valence-corrected chi connectivity index (χ2v) is 5.71. The van der Waals surface area contributed by atoms with Gasteiger partial charge in [-0.1, -0.05) is 0 Å². The predicted octanol–water partition coefficient (Wildman–Crippen LogP) is 2.61. The summed E-state index contributed by atoms with van der Waals surface area (Å²) in [6.07, 6.45) is 0. The van der Waals surface area contributed by atoms with Crippen LogP contribution in [0.4, 0.5) is 5.69 Å². The Bertz CT molecular complexity index is 457. The Labute approximate surface area is 118 Å². The molecule has 0 aliphatic heterocycles. The molecule has 0 aromatic heterocycles. The van der Waals surface area contributed by atoms with Crippen molar-refractivity contribution in [2.24, 2.45) is 5.84 Å². The van der Waals surface area contributed by atoms with E-state index < -0.39 is 10.4 Å². The van der Waals surface area contributed by atoms with E-state index in [0.29, 0.717) is 0 Å². The summed E-state index contributed by atoms with van der Waals surface area (Å²) >= 11 is 10.1. The fraction of sp³-hybridized carbons (Fsp3) is 0. The molecule has 0 unspecified atom stereocenters. The van der Waals surface area contributed by atoms with Gasteiger partial charge in [0.2, 0.25) is 0 Å². The largest absolute Gasteiger partial charge is 0.394 e. The highest BCUT2D eigenvalue weighted by Crippen LogP contribution is 2.35. The van der Waals surface area contributed by atoms with Crippen LogP contribution in [0.1, 0.15) is 0 Å². The van der Waals surface area contributed by atoms with Gasteiger partial charge in [0.05, 0.1) is 10.2 Å². The maximum Gasteiger partial charge on any atom is 0.394 e. The van der Waals surface area contributed by atoms with Gasteiger partial charge in [0.15, 0.2) is 0 Å². The maximum absolute atomic E-state index is 8.74. The van der Waals surface area contributed by atoms with Crippen molar-refractivity contribution in [2.45, 2.75) is 0 Å². The Morgan fingerprint density at radius 2 is 1.50 bits per heavy atom. The number of hydrogen-bond acceptors (Lipinski definition) is 4. The molecular formula is C6H7Br3N2O4S. The lowest BCUT2D eigenvalue weighted by Gasteiger charge is -2.06. The Morgan fingerprint density at radius 1 is 1.12 bits per heavy atom. The molecule has 0 spiro atoms. The maximum atomic E-state index is 8.74. The van der Waals surface area contributed by atoms with Crippen molar-refractivity contribution < 1.29 is 17.5 Å². The summed E-state index contributed by atoms with van der Waals surface area (Å²) < 4.78 is 34.4. The zero-order valence-corrected chi connectivity index (χ0v) is 13.1. The van der Waals surface area contributed by atoms with Gasteiger partial charge in [-0.25, -0.2) is 0 Å². The van der Waals surface area contributed by atoms with E-state index in [2.05, 4.69) is 53.2 Å². The van der Waals surface area contributed by atoms with E-state index in [0.717, 1.165) is 19.1 Å². The van der Waals surface area contributed by atoms with Crippen LogP contribution in [-0.4, -0.2) is 17.5 Å². The Balaban J connectivity index is 0.000000385. The quantitative estimate of drug-likeness (QED) is 0.230. The van der Waals surface area contributed by atoms with Crippen molar-refractivity contribution in [3.8, 4) is 0 Å². The lowest BCUT2D eigenvalue weighted by Crippen LogP contribution is -2.08. The van der Waals surface area contributed by atoms with E-state index in [9.17, 15) is 0 Å². The van der Waals surface area contributed by atoms with Crippen LogP contribution in [0.5, 0.6) is 0 Å². The molecule has 0 aliphatic carbocycles. The molecule has 1 rings (SSSR count). The van der Waals surface area contributed by atoms with Gasteiger partial charge in [0, 0.05) is 8.95 Å². The molecule has 0 saturated heterocycles. The first kappa shape index (κ1) is 16.3. The van der Waals surface area contributed by atoms with Gasteiger partial charge in [-0.15, -0.1) is 0 Å². The Morgan fingerprint density at radius 3 is 1.81 bits per heavy atom. The van der Waals surface area contributed by atoms with Crippen LogP contribution < -0.4 is 11.3 Å². The molecular weight excluding hydrogens is 436 g/mol. The van der Waals surface area contributed by atoms with E-state index in [1.54, 1.807) is 0 Å². The first-order valence-electron chi connectivity index (χ1n) is 3.46. The summed E-state index contributed by atoms with van der Waals surface area (Å²) in [6.45, 7) is 0. The number of anilines is 1. The highest BCUT2D eigenvalue weighted by atomic mass is 79.9. The van der Waals surface area contributed by atoms with Gasteiger partial charge in [0.25, 0.3) is 0 Å². The molecule has 0 amide bonds. The summed E-state index contributed by atoms with van der Waals surface area (Å²) in [7, 11) is -4.67. The van der Waals surface area contributed by atoms with Crippen LogP contribution in [0.25, 0.3) is 0 Å². The van der Waals surface area contributed by atoms with Crippen molar-refractivity contribution in [1.29, 1.82) is 0 Å². The van der Waals surface area contributed by atoms with E-state index in [1.807, 2.05) is 12.1 Å². The molecule has 92 valence electrons. The van der Waals surface area contributed by atoms with E-state index in [1.165, 1.54) is 0 Å². The van der Waals surface area contributed by atoms with Crippen molar-refractivity contribution >= 4 is 63.9 Å². The highest BCUT2D eigenvalue weighted by molar-refractivity contribution is 9.13. The molecule has 1 aromatic carbocycles. The molecule has 0 heterocycles. The third-order valence-corrected chi connectivity index (χ3v) is 3.87. The third kappa shape index (κ3) is 6.78. The fourth-order valence-corrected chi connectivity index (χ4v) is 2.16. The average Bonchev–Trinajstić information content (AvgIpc) is 2.10. The summed E-state index contributed by atoms with van der Waals surface area (Å²) in [5.41, 5.74) is 3.41. The van der Waals surface area contributed by atoms with Gasteiger partial charge in [-0.2, -0.15) is 8.42 Å². The normalized spacial score (nSPS) is 10.4. The lowest BCUT2D eigenvalue weighted by atomic mass is 10.3. The second-order valence-electron chi connectivity index (χ2n) is 2.31. The van der Waals surface area contributed by atoms with Crippen LogP contribution in [0.2, 0.25) is 0 Å². The average molecular weight is 443 g/mol. The first-order chi connectivity index (χ1) is 7.16. The number of rotatable bonds is 1. The number of nitrogens with one attached hydrogen (secondary N) is 1. The number of halogens is 3. The predicted molar refractivity (Wildman–Crippen MR) is 71.5 cm³/mol. The van der Waals surface area contributed by atoms with Crippen molar-refractivity contribution in [3.05, 3.63) is 25.6 Å². The van der Waals surface area contributed by atoms with Crippen LogP contribution in [-0.2, 0) is 10.4 Å². The molecule has 1 aromatic rings. The van der Waals surface area contributed by atoms with Gasteiger partial charge in [-0.05, 0) is 59.9 Å². The van der Waals surface area contributed by atoms with Crippen molar-refractivity contribution in [2.75, 3.05) is 5.43 Å². The minimum absolute atomic E-state index is 0.833. The number of benzene rings is 1. The molecule has 0 radical (unpaired) electrons. The number of nitrogens with two attached hydrogens (primary N) is 1. The molecule has 0 aliphatic rings. The van der Waals surface area contributed by atoms with Crippen molar-refractivity contribution in [3.63, 3.8) is 0 Å². The van der Waals surface area contributed by atoms with Crippen LogP contribution >= 0.6 is 47.8 Å². The molecule has 5 N–H and O–H groups in total. The zero-order valence-electron chi connectivity index (χ0n) is 7.49. The van der Waals surface area contributed by atoms with Crippen LogP contribution in [0.3, 0.4) is 0 Å². The van der Waals surface area contributed by atoms with Gasteiger partial charge < -0.3 is 5.43 Å². The molecule has 0 atom stereocenters. The molecule has 0 bridgehead atoms.